The van der Waals surface area contributed by atoms with Gasteiger partial charge in [-0.3, -0.25) is 4.72 Å². The molecule has 154 valence electrons. The molecule has 0 atom stereocenters. The summed E-state index contributed by atoms with van der Waals surface area (Å²) in [4.78, 5) is 4.52. The number of ether oxygens (including phenoxy) is 1. The third-order valence-corrected chi connectivity index (χ3v) is 6.73. The predicted octanol–water partition coefficient (Wildman–Crippen LogP) is 5.43. The van der Waals surface area contributed by atoms with Crippen molar-refractivity contribution in [2.24, 2.45) is 0 Å². The lowest BCUT2D eigenvalue weighted by Gasteiger charge is -2.14. The van der Waals surface area contributed by atoms with Gasteiger partial charge in [0, 0.05) is 23.6 Å². The predicted molar refractivity (Wildman–Crippen MR) is 119 cm³/mol. The highest BCUT2D eigenvalue weighted by atomic mass is 35.5. The molecule has 6 nitrogen and oxygen atoms in total. The van der Waals surface area contributed by atoms with E-state index in [0.29, 0.717) is 5.69 Å². The van der Waals surface area contributed by atoms with Crippen LogP contribution in [0.4, 0.5) is 5.69 Å². The van der Waals surface area contributed by atoms with Crippen LogP contribution in [0.2, 0.25) is 10.0 Å². The summed E-state index contributed by atoms with van der Waals surface area (Å²) in [6.07, 6.45) is 3.83. The lowest BCUT2D eigenvalue weighted by atomic mass is 10.1. The molecular weight excluding hydrogens is 445 g/mol. The van der Waals surface area contributed by atoms with Gasteiger partial charge in [0.05, 0.1) is 17.8 Å². The van der Waals surface area contributed by atoms with Gasteiger partial charge in [0.1, 0.15) is 15.6 Å². The number of halogens is 2. The zero-order valence-electron chi connectivity index (χ0n) is 16.1. The SMILES string of the molecule is COc1c(S(=O)(=O)Nc2cccc(-c3cn4ccc(C)cc4n3)c2)ccc(Cl)c1Cl. The maximum Gasteiger partial charge on any atom is 0.265 e. The van der Waals surface area contributed by atoms with Crippen LogP contribution in [0.15, 0.2) is 65.8 Å². The lowest BCUT2D eigenvalue weighted by molar-refractivity contribution is 0.403. The van der Waals surface area contributed by atoms with E-state index >= 15 is 0 Å². The number of benzene rings is 2. The number of sulfonamides is 1. The fraction of sp³-hybridized carbons (Fsp3) is 0.0952. The summed E-state index contributed by atoms with van der Waals surface area (Å²) in [5.41, 5.74) is 3.81. The molecule has 0 fully saturated rings. The van der Waals surface area contributed by atoms with E-state index in [-0.39, 0.29) is 20.7 Å². The van der Waals surface area contributed by atoms with Gasteiger partial charge in [-0.1, -0.05) is 35.3 Å². The lowest BCUT2D eigenvalue weighted by Crippen LogP contribution is -2.14. The van der Waals surface area contributed by atoms with Gasteiger partial charge in [-0.2, -0.15) is 0 Å². The molecule has 0 aliphatic rings. The van der Waals surface area contributed by atoms with Crippen molar-refractivity contribution in [3.63, 3.8) is 0 Å². The van der Waals surface area contributed by atoms with Crippen molar-refractivity contribution in [2.45, 2.75) is 11.8 Å². The van der Waals surface area contributed by atoms with E-state index in [2.05, 4.69) is 9.71 Å². The van der Waals surface area contributed by atoms with Crippen molar-refractivity contribution in [3.05, 3.63) is 76.5 Å². The average molecular weight is 462 g/mol. The van der Waals surface area contributed by atoms with Crippen molar-refractivity contribution in [1.82, 2.24) is 9.38 Å². The first-order chi connectivity index (χ1) is 14.3. The van der Waals surface area contributed by atoms with E-state index in [1.54, 1.807) is 18.2 Å². The van der Waals surface area contributed by atoms with Gasteiger partial charge in [0.2, 0.25) is 0 Å². The Hall–Kier alpha value is -2.74. The molecule has 2 heterocycles. The van der Waals surface area contributed by atoms with Crippen LogP contribution >= 0.6 is 23.2 Å². The van der Waals surface area contributed by atoms with Crippen LogP contribution < -0.4 is 9.46 Å². The van der Waals surface area contributed by atoms with Crippen molar-refractivity contribution < 1.29 is 13.2 Å². The highest BCUT2D eigenvalue weighted by Crippen LogP contribution is 2.38. The molecule has 0 aliphatic carbocycles. The first-order valence-electron chi connectivity index (χ1n) is 8.89. The van der Waals surface area contributed by atoms with Crippen LogP contribution in [0.1, 0.15) is 5.56 Å². The number of rotatable bonds is 5. The molecule has 2 aromatic carbocycles. The summed E-state index contributed by atoms with van der Waals surface area (Å²) >= 11 is 12.1. The molecule has 0 aliphatic heterocycles. The van der Waals surface area contributed by atoms with E-state index in [1.807, 2.05) is 41.9 Å². The Bertz CT molecular complexity index is 1370. The van der Waals surface area contributed by atoms with Crippen molar-refractivity contribution in [2.75, 3.05) is 11.8 Å². The summed E-state index contributed by atoms with van der Waals surface area (Å²) in [6, 6.07) is 13.7. The second kappa shape index (κ2) is 7.83. The first-order valence-corrected chi connectivity index (χ1v) is 11.1. The van der Waals surface area contributed by atoms with Crippen molar-refractivity contribution in [3.8, 4) is 17.0 Å². The number of pyridine rings is 1. The van der Waals surface area contributed by atoms with E-state index < -0.39 is 10.0 Å². The quantitative estimate of drug-likeness (QED) is 0.430. The molecule has 0 spiro atoms. The number of aryl methyl sites for hydroxylation is 1. The number of nitrogens with one attached hydrogen (secondary N) is 1. The Morgan fingerprint density at radius 3 is 2.67 bits per heavy atom. The monoisotopic (exact) mass is 461 g/mol. The van der Waals surface area contributed by atoms with Gasteiger partial charge >= 0.3 is 0 Å². The van der Waals surface area contributed by atoms with Gasteiger partial charge in [-0.15, -0.1) is 0 Å². The van der Waals surface area contributed by atoms with Crippen LogP contribution in [-0.2, 0) is 10.0 Å². The topological polar surface area (TPSA) is 72.7 Å². The smallest absolute Gasteiger partial charge is 0.265 e. The van der Waals surface area contributed by atoms with E-state index in [4.69, 9.17) is 27.9 Å². The summed E-state index contributed by atoms with van der Waals surface area (Å²) < 4.78 is 35.6. The Morgan fingerprint density at radius 1 is 1.10 bits per heavy atom. The first kappa shape index (κ1) is 20.5. The second-order valence-corrected chi connectivity index (χ2v) is 9.11. The summed E-state index contributed by atoms with van der Waals surface area (Å²) in [6.45, 7) is 2.00. The molecule has 0 radical (unpaired) electrons. The van der Waals surface area contributed by atoms with Crippen LogP contribution in [-0.4, -0.2) is 24.9 Å². The van der Waals surface area contributed by atoms with Gasteiger partial charge < -0.3 is 9.14 Å². The molecule has 2 aromatic heterocycles. The molecule has 0 saturated carbocycles. The molecule has 1 N–H and O–H groups in total. The molecule has 4 rings (SSSR count). The molecule has 0 unspecified atom stereocenters. The summed E-state index contributed by atoms with van der Waals surface area (Å²) in [7, 11) is -2.63. The minimum atomic E-state index is -3.97. The standard InChI is InChI=1S/C21H17Cl2N3O3S/c1-13-8-9-26-12-17(24-19(26)10-13)14-4-3-5-15(11-14)25-30(27,28)18-7-6-16(22)20(23)21(18)29-2/h3-12,25H,1-2H3. The summed E-state index contributed by atoms with van der Waals surface area (Å²) in [5, 5.41) is 0.243. The van der Waals surface area contributed by atoms with Gasteiger partial charge in [-0.05, 0) is 48.9 Å². The highest BCUT2D eigenvalue weighted by molar-refractivity contribution is 7.92. The minimum Gasteiger partial charge on any atom is -0.494 e. The number of hydrogen-bond acceptors (Lipinski definition) is 4. The second-order valence-electron chi connectivity index (χ2n) is 6.67. The van der Waals surface area contributed by atoms with E-state index in [1.165, 1.54) is 19.2 Å². The molecule has 0 amide bonds. The number of fused-ring (bicyclic) bond motifs is 1. The average Bonchev–Trinajstić information content (AvgIpc) is 3.13. The van der Waals surface area contributed by atoms with Crippen LogP contribution in [0.25, 0.3) is 16.9 Å². The maximum absolute atomic E-state index is 13.0. The minimum absolute atomic E-state index is 0.0106. The Balaban J connectivity index is 1.70. The maximum atomic E-state index is 13.0. The number of methoxy groups -OCH3 is 1. The number of nitrogens with zero attached hydrogens (tertiary/aromatic N) is 2. The Kier molecular flexibility index (Phi) is 5.36. The number of aromatic nitrogens is 2. The fourth-order valence-electron chi connectivity index (χ4n) is 3.09. The van der Waals surface area contributed by atoms with E-state index in [0.717, 1.165) is 22.5 Å². The summed E-state index contributed by atoms with van der Waals surface area (Å²) in [5.74, 6) is -0.0106. The third-order valence-electron chi connectivity index (χ3n) is 4.53. The molecule has 0 saturated heterocycles. The van der Waals surface area contributed by atoms with Crippen LogP contribution in [0.3, 0.4) is 0 Å². The van der Waals surface area contributed by atoms with Crippen LogP contribution in [0, 0.1) is 6.92 Å². The zero-order valence-corrected chi connectivity index (χ0v) is 18.4. The normalized spacial score (nSPS) is 11.6. The number of anilines is 1. The fourth-order valence-corrected chi connectivity index (χ4v) is 4.76. The number of imidazole rings is 1. The van der Waals surface area contributed by atoms with Gasteiger partial charge in [-0.25, -0.2) is 13.4 Å². The molecular formula is C21H17Cl2N3O3S. The largest absolute Gasteiger partial charge is 0.494 e. The molecule has 4 aromatic rings. The van der Waals surface area contributed by atoms with Crippen LogP contribution in [0.5, 0.6) is 5.75 Å². The Labute approximate surface area is 184 Å². The van der Waals surface area contributed by atoms with Crippen molar-refractivity contribution in [1.29, 1.82) is 0 Å². The van der Waals surface area contributed by atoms with Crippen molar-refractivity contribution >= 4 is 44.6 Å². The van der Waals surface area contributed by atoms with E-state index in [9.17, 15) is 8.42 Å². The van der Waals surface area contributed by atoms with Gasteiger partial charge in [0.15, 0.2) is 5.75 Å². The highest BCUT2D eigenvalue weighted by Gasteiger charge is 2.23. The molecule has 30 heavy (non-hydrogen) atoms. The molecule has 9 heteroatoms. The molecule has 0 bridgehead atoms. The third kappa shape index (κ3) is 3.84. The number of hydrogen-bond donors (Lipinski definition) is 1. The Morgan fingerprint density at radius 2 is 1.90 bits per heavy atom. The zero-order chi connectivity index (χ0) is 21.5. The van der Waals surface area contributed by atoms with Gasteiger partial charge in [0.25, 0.3) is 10.0 Å².